The van der Waals surface area contributed by atoms with Crippen molar-refractivity contribution < 1.29 is 31.5 Å². The van der Waals surface area contributed by atoms with Crippen molar-refractivity contribution in [3.8, 4) is 5.75 Å². The number of hydrogen-bond acceptors (Lipinski definition) is 3. The molecule has 0 bridgehead atoms. The van der Waals surface area contributed by atoms with E-state index in [0.717, 1.165) is 0 Å². The number of hydrogen-bond donors (Lipinski definition) is 1. The fourth-order valence-corrected chi connectivity index (χ4v) is 2.78. The molecule has 1 aromatic rings. The van der Waals surface area contributed by atoms with Crippen molar-refractivity contribution in [3.05, 3.63) is 23.3 Å². The zero-order chi connectivity index (χ0) is 17.6. The summed E-state index contributed by atoms with van der Waals surface area (Å²) in [7, 11) is 0. The van der Waals surface area contributed by atoms with Crippen LogP contribution in [0.15, 0.2) is 12.1 Å². The Morgan fingerprint density at radius 3 is 2.48 bits per heavy atom. The number of carbonyl (C=O) groups excluding carboxylic acids is 1. The maximum atomic E-state index is 12.7. The summed E-state index contributed by atoms with van der Waals surface area (Å²) in [6.45, 7) is -0.434. The minimum absolute atomic E-state index is 0.0320. The highest BCUT2D eigenvalue weighted by Gasteiger charge is 2.49. The van der Waals surface area contributed by atoms with E-state index in [2.05, 4.69) is 4.74 Å². The third-order valence-corrected chi connectivity index (χ3v) is 3.88. The van der Waals surface area contributed by atoms with Gasteiger partial charge in [0.1, 0.15) is 5.75 Å². The van der Waals surface area contributed by atoms with Crippen LogP contribution in [0.25, 0.3) is 0 Å². The molecule has 0 saturated heterocycles. The van der Waals surface area contributed by atoms with Crippen molar-refractivity contribution in [1.29, 1.82) is 0 Å². The molecule has 2 N–H and O–H groups in total. The topological polar surface area (TPSA) is 55.6 Å². The molecule has 1 aliphatic rings. The summed E-state index contributed by atoms with van der Waals surface area (Å²) in [6, 6.07) is 2.57. The molecular formula is C14H15F5N2O2. The number of rotatable bonds is 2. The van der Waals surface area contributed by atoms with Gasteiger partial charge in [0.25, 0.3) is 0 Å². The molecule has 128 valence electrons. The van der Waals surface area contributed by atoms with Crippen LogP contribution in [0, 0.1) is 0 Å². The second kappa shape index (κ2) is 5.54. The first-order valence-corrected chi connectivity index (χ1v) is 6.71. The van der Waals surface area contributed by atoms with Gasteiger partial charge in [-0.15, -0.1) is 0 Å². The van der Waals surface area contributed by atoms with Crippen molar-refractivity contribution in [3.63, 3.8) is 0 Å². The number of nitrogens with zero attached hydrogens (tertiary/aromatic N) is 1. The standard InChI is InChI=1S/C14H15F5N2O2/c1-13(2)8-6-10(23-12(15)16)9(20)5-7(8)3-4-21(13)11(22)14(17,18)19/h5-6,12H,3-4,20H2,1-2H3. The van der Waals surface area contributed by atoms with E-state index in [9.17, 15) is 26.7 Å². The summed E-state index contributed by atoms with van der Waals surface area (Å²) >= 11 is 0. The first-order chi connectivity index (χ1) is 10.4. The molecule has 4 nitrogen and oxygen atoms in total. The molecular weight excluding hydrogens is 323 g/mol. The molecule has 0 fully saturated rings. The van der Waals surface area contributed by atoms with Gasteiger partial charge in [-0.3, -0.25) is 4.79 Å². The smallest absolute Gasteiger partial charge is 0.433 e. The van der Waals surface area contributed by atoms with Gasteiger partial charge in [-0.25, -0.2) is 0 Å². The fourth-order valence-electron chi connectivity index (χ4n) is 2.78. The third kappa shape index (κ3) is 3.18. The number of alkyl halides is 5. The van der Waals surface area contributed by atoms with Crippen molar-refractivity contribution in [2.75, 3.05) is 12.3 Å². The number of nitrogen functional groups attached to an aromatic ring is 1. The maximum absolute atomic E-state index is 12.7. The van der Waals surface area contributed by atoms with E-state index >= 15 is 0 Å². The molecule has 0 saturated carbocycles. The predicted octanol–water partition coefficient (Wildman–Crippen LogP) is 3.05. The van der Waals surface area contributed by atoms with Gasteiger partial charge in [-0.1, -0.05) is 0 Å². The highest BCUT2D eigenvalue weighted by molar-refractivity contribution is 5.83. The highest BCUT2D eigenvalue weighted by atomic mass is 19.4. The Labute approximate surface area is 129 Å². The van der Waals surface area contributed by atoms with E-state index in [4.69, 9.17) is 5.73 Å². The molecule has 1 amide bonds. The number of nitrogens with two attached hydrogens (primary N) is 1. The Kier molecular flexibility index (Phi) is 4.16. The van der Waals surface area contributed by atoms with Crippen LogP contribution in [-0.2, 0) is 16.8 Å². The lowest BCUT2D eigenvalue weighted by Gasteiger charge is -2.44. The first-order valence-electron chi connectivity index (χ1n) is 6.71. The Balaban J connectivity index is 2.48. The monoisotopic (exact) mass is 338 g/mol. The molecule has 0 spiro atoms. The maximum Gasteiger partial charge on any atom is 0.471 e. The second-order valence-corrected chi connectivity index (χ2v) is 5.69. The minimum atomic E-state index is -5.01. The van der Waals surface area contributed by atoms with Gasteiger partial charge in [-0.2, -0.15) is 22.0 Å². The summed E-state index contributed by atoms with van der Waals surface area (Å²) in [5.41, 5.74) is 5.15. The van der Waals surface area contributed by atoms with E-state index in [1.54, 1.807) is 0 Å². The number of anilines is 1. The van der Waals surface area contributed by atoms with Gasteiger partial charge in [0.2, 0.25) is 0 Å². The van der Waals surface area contributed by atoms with Crippen LogP contribution in [0.2, 0.25) is 0 Å². The number of fused-ring (bicyclic) bond motifs is 1. The molecule has 9 heteroatoms. The normalized spacial score (nSPS) is 17.1. The lowest BCUT2D eigenvalue weighted by molar-refractivity contribution is -0.191. The number of halogens is 5. The molecule has 23 heavy (non-hydrogen) atoms. The Hall–Kier alpha value is -2.06. The molecule has 0 unspecified atom stereocenters. The van der Waals surface area contributed by atoms with Crippen molar-refractivity contribution in [2.24, 2.45) is 0 Å². The lowest BCUT2D eigenvalue weighted by atomic mass is 9.82. The molecule has 0 aliphatic carbocycles. The minimum Gasteiger partial charge on any atom is -0.433 e. The van der Waals surface area contributed by atoms with E-state index in [1.165, 1.54) is 26.0 Å². The number of benzene rings is 1. The molecule has 0 aromatic heterocycles. The van der Waals surface area contributed by atoms with Crippen molar-refractivity contribution >= 4 is 11.6 Å². The number of amides is 1. The Morgan fingerprint density at radius 1 is 1.35 bits per heavy atom. The summed E-state index contributed by atoms with van der Waals surface area (Å²) in [6.07, 6.45) is -4.87. The predicted molar refractivity (Wildman–Crippen MR) is 72.0 cm³/mol. The zero-order valence-corrected chi connectivity index (χ0v) is 12.4. The SMILES string of the molecule is CC1(C)c2cc(OC(F)F)c(N)cc2CCN1C(=O)C(F)(F)F. The summed E-state index contributed by atoms with van der Waals surface area (Å²) in [4.78, 5) is 12.3. The summed E-state index contributed by atoms with van der Waals surface area (Å²) < 4.78 is 67.3. The molecule has 0 atom stereocenters. The van der Waals surface area contributed by atoms with Crippen LogP contribution in [0.3, 0.4) is 0 Å². The molecule has 1 aromatic carbocycles. The third-order valence-electron chi connectivity index (χ3n) is 3.88. The number of carbonyl (C=O) groups is 1. The van der Waals surface area contributed by atoms with Gasteiger partial charge in [0.15, 0.2) is 0 Å². The van der Waals surface area contributed by atoms with Crippen molar-refractivity contribution in [2.45, 2.75) is 38.6 Å². The lowest BCUT2D eigenvalue weighted by Crippen LogP contribution is -2.54. The van der Waals surface area contributed by atoms with Crippen LogP contribution >= 0.6 is 0 Å². The zero-order valence-electron chi connectivity index (χ0n) is 12.4. The van der Waals surface area contributed by atoms with Gasteiger partial charge < -0.3 is 15.4 Å². The van der Waals surface area contributed by atoms with Crippen molar-refractivity contribution in [1.82, 2.24) is 4.90 Å². The Bertz CT molecular complexity index is 628. The summed E-state index contributed by atoms with van der Waals surface area (Å²) in [5, 5.41) is 0. The largest absolute Gasteiger partial charge is 0.471 e. The molecule has 1 heterocycles. The summed E-state index contributed by atoms with van der Waals surface area (Å²) in [5.74, 6) is -2.30. The highest BCUT2D eigenvalue weighted by Crippen LogP contribution is 2.41. The quantitative estimate of drug-likeness (QED) is 0.666. The fraction of sp³-hybridized carbons (Fsp3) is 0.500. The van der Waals surface area contributed by atoms with Crippen LogP contribution in [-0.4, -0.2) is 30.1 Å². The average molecular weight is 338 g/mol. The van der Waals surface area contributed by atoms with Crippen LogP contribution in [0.4, 0.5) is 27.6 Å². The second-order valence-electron chi connectivity index (χ2n) is 5.69. The van der Waals surface area contributed by atoms with E-state index < -0.39 is 24.2 Å². The van der Waals surface area contributed by atoms with E-state index in [-0.39, 0.29) is 24.4 Å². The van der Waals surface area contributed by atoms with Gasteiger partial charge in [0.05, 0.1) is 11.2 Å². The molecule has 1 aliphatic heterocycles. The van der Waals surface area contributed by atoms with Gasteiger partial charge in [0, 0.05) is 6.54 Å². The van der Waals surface area contributed by atoms with E-state index in [0.29, 0.717) is 16.0 Å². The van der Waals surface area contributed by atoms with Gasteiger partial charge >= 0.3 is 18.7 Å². The van der Waals surface area contributed by atoms with Crippen LogP contribution in [0.5, 0.6) is 5.75 Å². The molecule has 2 rings (SSSR count). The number of ether oxygens (including phenoxy) is 1. The van der Waals surface area contributed by atoms with E-state index in [1.807, 2.05) is 0 Å². The average Bonchev–Trinajstić information content (AvgIpc) is 2.38. The Morgan fingerprint density at radius 2 is 1.96 bits per heavy atom. The van der Waals surface area contributed by atoms with Crippen LogP contribution in [0.1, 0.15) is 25.0 Å². The van der Waals surface area contributed by atoms with Gasteiger partial charge in [-0.05, 0) is 43.5 Å². The first kappa shape index (κ1) is 17.3. The molecule has 0 radical (unpaired) electrons. The van der Waals surface area contributed by atoms with Crippen LogP contribution < -0.4 is 10.5 Å².